The Morgan fingerprint density at radius 2 is 1.81 bits per heavy atom. The molecule has 2 aromatic rings. The Kier molecular flexibility index (Phi) is 6.15. The zero-order valence-corrected chi connectivity index (χ0v) is 17.9. The van der Waals surface area contributed by atoms with Crippen LogP contribution in [0, 0.1) is 13.8 Å². The molecule has 3 heterocycles. The number of aliphatic hydroxyl groups excluding tert-OH is 1. The normalized spacial score (nSPS) is 21.6. The fourth-order valence-corrected chi connectivity index (χ4v) is 4.21. The number of hydrogen-bond donors (Lipinski definition) is 1. The van der Waals surface area contributed by atoms with Crippen molar-refractivity contribution >= 4 is 17.4 Å². The number of aryl methyl sites for hydroxylation is 2. The molecule has 2 aliphatic rings. The molecule has 4 rings (SSSR count). The van der Waals surface area contributed by atoms with E-state index in [4.69, 9.17) is 4.74 Å². The van der Waals surface area contributed by atoms with Gasteiger partial charge in [0, 0.05) is 44.1 Å². The number of likely N-dealkylation sites (tertiary alicyclic amines) is 1. The second-order valence-electron chi connectivity index (χ2n) is 8.05. The van der Waals surface area contributed by atoms with Crippen LogP contribution in [0.1, 0.15) is 28.3 Å². The van der Waals surface area contributed by atoms with E-state index in [9.17, 15) is 14.7 Å². The fraction of sp³-hybridized carbons (Fsp3) is 0.375. The van der Waals surface area contributed by atoms with Crippen LogP contribution in [0.25, 0.3) is 5.76 Å². The van der Waals surface area contributed by atoms with Crippen molar-refractivity contribution in [3.8, 4) is 0 Å². The molecule has 7 heteroatoms. The lowest BCUT2D eigenvalue weighted by Crippen LogP contribution is -2.42. The van der Waals surface area contributed by atoms with E-state index in [1.54, 1.807) is 29.4 Å². The first-order valence-corrected chi connectivity index (χ1v) is 10.5. The van der Waals surface area contributed by atoms with Crippen molar-refractivity contribution in [1.82, 2.24) is 14.8 Å². The van der Waals surface area contributed by atoms with E-state index in [0.29, 0.717) is 31.9 Å². The van der Waals surface area contributed by atoms with Gasteiger partial charge in [0.15, 0.2) is 0 Å². The minimum absolute atomic E-state index is 0.129. The average Bonchev–Trinajstić information content (AvgIpc) is 3.05. The highest BCUT2D eigenvalue weighted by atomic mass is 16.5. The number of carbonyl (C=O) groups excluding carboxylic acids is 2. The SMILES string of the molecule is Cc1ccc(C)c(/C(O)=C2\C(=O)C(=O)N(CCN3CCOCC3)C2c2ccncc2)c1. The predicted octanol–water partition coefficient (Wildman–Crippen LogP) is 2.45. The lowest BCUT2D eigenvalue weighted by atomic mass is 9.94. The van der Waals surface area contributed by atoms with Gasteiger partial charge in [-0.1, -0.05) is 17.7 Å². The van der Waals surface area contributed by atoms with Crippen LogP contribution in [0.15, 0.2) is 48.3 Å². The summed E-state index contributed by atoms with van der Waals surface area (Å²) in [6.07, 6.45) is 3.27. The molecular weight excluding hydrogens is 394 g/mol. The molecule has 0 aliphatic carbocycles. The zero-order valence-electron chi connectivity index (χ0n) is 17.9. The average molecular weight is 421 g/mol. The monoisotopic (exact) mass is 421 g/mol. The maximum absolute atomic E-state index is 13.1. The number of ketones is 1. The summed E-state index contributed by atoms with van der Waals surface area (Å²) in [5, 5.41) is 11.2. The summed E-state index contributed by atoms with van der Waals surface area (Å²) in [6.45, 7) is 7.77. The van der Waals surface area contributed by atoms with Crippen LogP contribution in [-0.4, -0.2) is 71.0 Å². The van der Waals surface area contributed by atoms with Crippen LogP contribution in [-0.2, 0) is 14.3 Å². The number of aromatic nitrogens is 1. The molecule has 1 aromatic heterocycles. The van der Waals surface area contributed by atoms with E-state index in [1.807, 2.05) is 32.0 Å². The number of aliphatic hydroxyl groups is 1. The molecule has 1 atom stereocenters. The molecule has 1 N–H and O–H groups in total. The van der Waals surface area contributed by atoms with E-state index >= 15 is 0 Å². The van der Waals surface area contributed by atoms with Gasteiger partial charge in [-0.15, -0.1) is 0 Å². The van der Waals surface area contributed by atoms with Crippen molar-refractivity contribution in [2.45, 2.75) is 19.9 Å². The second-order valence-corrected chi connectivity index (χ2v) is 8.05. The molecule has 2 aliphatic heterocycles. The van der Waals surface area contributed by atoms with E-state index < -0.39 is 17.7 Å². The van der Waals surface area contributed by atoms with Gasteiger partial charge in [-0.3, -0.25) is 19.5 Å². The van der Waals surface area contributed by atoms with Gasteiger partial charge in [-0.2, -0.15) is 0 Å². The number of pyridine rings is 1. The van der Waals surface area contributed by atoms with Crippen LogP contribution in [0.4, 0.5) is 0 Å². The summed E-state index contributed by atoms with van der Waals surface area (Å²) in [5.74, 6) is -1.36. The number of hydrogen-bond acceptors (Lipinski definition) is 6. The highest BCUT2D eigenvalue weighted by Crippen LogP contribution is 2.39. The third-order valence-corrected chi connectivity index (χ3v) is 5.97. The number of carbonyl (C=O) groups is 2. The first-order valence-electron chi connectivity index (χ1n) is 10.5. The van der Waals surface area contributed by atoms with Crippen LogP contribution >= 0.6 is 0 Å². The molecule has 0 spiro atoms. The van der Waals surface area contributed by atoms with Gasteiger partial charge in [0.05, 0.1) is 24.8 Å². The van der Waals surface area contributed by atoms with Crippen molar-refractivity contribution in [3.63, 3.8) is 0 Å². The number of nitrogens with zero attached hydrogens (tertiary/aromatic N) is 3. The summed E-state index contributed by atoms with van der Waals surface area (Å²) in [4.78, 5) is 34.0. The van der Waals surface area contributed by atoms with Gasteiger partial charge in [0.1, 0.15) is 5.76 Å². The molecule has 1 unspecified atom stereocenters. The van der Waals surface area contributed by atoms with Gasteiger partial charge >= 0.3 is 0 Å². The Balaban J connectivity index is 1.75. The van der Waals surface area contributed by atoms with E-state index in [-0.39, 0.29) is 11.3 Å². The van der Waals surface area contributed by atoms with Crippen molar-refractivity contribution < 1.29 is 19.4 Å². The summed E-state index contributed by atoms with van der Waals surface area (Å²) in [6, 6.07) is 8.62. The molecule has 0 radical (unpaired) electrons. The second kappa shape index (κ2) is 8.99. The Morgan fingerprint density at radius 3 is 2.52 bits per heavy atom. The number of amides is 1. The molecule has 0 bridgehead atoms. The first kappa shape index (κ1) is 21.2. The molecule has 2 saturated heterocycles. The van der Waals surface area contributed by atoms with Gasteiger partial charge in [-0.05, 0) is 43.2 Å². The fourth-order valence-electron chi connectivity index (χ4n) is 4.21. The third-order valence-electron chi connectivity index (χ3n) is 5.97. The van der Waals surface area contributed by atoms with E-state index in [2.05, 4.69) is 9.88 Å². The standard InChI is InChI=1S/C24H27N3O4/c1-16-3-4-17(2)19(15-16)22(28)20-21(18-5-7-25-8-6-18)27(24(30)23(20)29)10-9-26-11-13-31-14-12-26/h3-8,15,21,28H,9-14H2,1-2H3/b22-20+. The highest BCUT2D eigenvalue weighted by Gasteiger charge is 2.46. The van der Waals surface area contributed by atoms with Crippen LogP contribution in [0.3, 0.4) is 0 Å². The topological polar surface area (TPSA) is 83.0 Å². The Morgan fingerprint density at radius 1 is 1.10 bits per heavy atom. The smallest absolute Gasteiger partial charge is 0.295 e. The number of benzene rings is 1. The third kappa shape index (κ3) is 4.24. The number of rotatable bonds is 5. The Labute approximate surface area is 182 Å². The maximum Gasteiger partial charge on any atom is 0.295 e. The lowest BCUT2D eigenvalue weighted by molar-refractivity contribution is -0.140. The van der Waals surface area contributed by atoms with E-state index in [1.165, 1.54) is 0 Å². The highest BCUT2D eigenvalue weighted by molar-refractivity contribution is 6.46. The van der Waals surface area contributed by atoms with Crippen molar-refractivity contribution in [3.05, 3.63) is 70.6 Å². The minimum Gasteiger partial charge on any atom is -0.507 e. The molecule has 2 fully saturated rings. The number of morpholine rings is 1. The molecule has 162 valence electrons. The van der Waals surface area contributed by atoms with Crippen LogP contribution < -0.4 is 0 Å². The van der Waals surface area contributed by atoms with Crippen molar-refractivity contribution in [1.29, 1.82) is 0 Å². The van der Waals surface area contributed by atoms with Gasteiger partial charge in [0.2, 0.25) is 0 Å². The summed E-state index contributed by atoms with van der Waals surface area (Å²) >= 11 is 0. The molecule has 31 heavy (non-hydrogen) atoms. The molecule has 1 amide bonds. The van der Waals surface area contributed by atoms with Gasteiger partial charge in [-0.25, -0.2) is 0 Å². The van der Waals surface area contributed by atoms with Gasteiger partial charge in [0.25, 0.3) is 11.7 Å². The molecule has 7 nitrogen and oxygen atoms in total. The number of ether oxygens (including phenoxy) is 1. The van der Waals surface area contributed by atoms with Crippen molar-refractivity contribution in [2.75, 3.05) is 39.4 Å². The number of Topliss-reactive ketones (excluding diaryl/α,β-unsaturated/α-hetero) is 1. The van der Waals surface area contributed by atoms with Crippen LogP contribution in [0.5, 0.6) is 0 Å². The van der Waals surface area contributed by atoms with Crippen molar-refractivity contribution in [2.24, 2.45) is 0 Å². The Bertz CT molecular complexity index is 1010. The quantitative estimate of drug-likeness (QED) is 0.454. The van der Waals surface area contributed by atoms with Crippen LogP contribution in [0.2, 0.25) is 0 Å². The molecular formula is C24H27N3O4. The van der Waals surface area contributed by atoms with Gasteiger partial charge < -0.3 is 14.7 Å². The first-order chi connectivity index (χ1) is 15.0. The minimum atomic E-state index is -0.651. The lowest BCUT2D eigenvalue weighted by Gasteiger charge is -2.31. The Hall–Kier alpha value is -3.03. The summed E-state index contributed by atoms with van der Waals surface area (Å²) < 4.78 is 5.39. The maximum atomic E-state index is 13.1. The predicted molar refractivity (Wildman–Crippen MR) is 116 cm³/mol. The molecule has 0 saturated carbocycles. The molecule has 1 aromatic carbocycles. The summed E-state index contributed by atoms with van der Waals surface area (Å²) in [7, 11) is 0. The summed E-state index contributed by atoms with van der Waals surface area (Å²) in [5.41, 5.74) is 3.27. The van der Waals surface area contributed by atoms with E-state index in [0.717, 1.165) is 29.8 Å². The zero-order chi connectivity index (χ0) is 22.0. The largest absolute Gasteiger partial charge is 0.507 e.